The molecule has 5 nitrogen and oxygen atoms in total. The summed E-state index contributed by atoms with van der Waals surface area (Å²) in [5.41, 5.74) is 6.60. The number of benzene rings is 1. The molecule has 0 saturated heterocycles. The molecule has 1 heterocycles. The Morgan fingerprint density at radius 2 is 2.30 bits per heavy atom. The number of aldehydes is 1. The fraction of sp³-hybridized carbons (Fsp3) is 0.0833. The summed E-state index contributed by atoms with van der Waals surface area (Å²) < 4.78 is 0. The minimum atomic E-state index is 0.0658. The van der Waals surface area contributed by atoms with Crippen LogP contribution in [-0.4, -0.2) is 17.0 Å². The molecule has 1 aromatic carbocycles. The average molecular weight is 330 g/mol. The number of nitrogens with zero attached hydrogens (tertiary/aromatic N) is 2. The number of carbonyl (C=O) groups excluding carboxylic acids is 1. The Morgan fingerprint density at radius 1 is 1.50 bits per heavy atom. The van der Waals surface area contributed by atoms with E-state index < -0.39 is 0 Å². The van der Waals surface area contributed by atoms with Crippen LogP contribution in [0.5, 0.6) is 0 Å². The number of rotatable bonds is 5. The second-order valence-corrected chi connectivity index (χ2v) is 5.41. The maximum absolute atomic E-state index is 10.9. The summed E-state index contributed by atoms with van der Waals surface area (Å²) in [5, 5.41) is 6.76. The fourth-order valence-corrected chi connectivity index (χ4v) is 2.28. The van der Waals surface area contributed by atoms with Crippen molar-refractivity contribution in [2.24, 2.45) is 5.16 Å². The van der Waals surface area contributed by atoms with Gasteiger partial charge >= 0.3 is 0 Å². The molecule has 2 aromatic rings. The van der Waals surface area contributed by atoms with Gasteiger partial charge < -0.3 is 10.6 Å². The number of hydrogen-bond acceptors (Lipinski definition) is 6. The zero-order valence-electron chi connectivity index (χ0n) is 10.0. The van der Waals surface area contributed by atoms with E-state index in [1.54, 1.807) is 23.6 Å². The molecule has 0 saturated carbocycles. The van der Waals surface area contributed by atoms with Crippen LogP contribution in [0.4, 0.5) is 5.13 Å². The largest absolute Gasteiger partial charge is 0.390 e. The molecule has 0 atom stereocenters. The van der Waals surface area contributed by atoms with E-state index in [1.165, 1.54) is 11.3 Å². The van der Waals surface area contributed by atoms with Crippen LogP contribution in [-0.2, 0) is 16.2 Å². The zero-order chi connectivity index (χ0) is 14.5. The third kappa shape index (κ3) is 3.69. The first kappa shape index (κ1) is 14.8. The fourth-order valence-electron chi connectivity index (χ4n) is 1.36. The van der Waals surface area contributed by atoms with Crippen LogP contribution >= 0.6 is 34.5 Å². The second kappa shape index (κ2) is 6.69. The normalized spacial score (nSPS) is 11.4. The zero-order valence-corrected chi connectivity index (χ0v) is 12.4. The lowest BCUT2D eigenvalue weighted by Gasteiger charge is -2.03. The average Bonchev–Trinajstić information content (AvgIpc) is 2.85. The summed E-state index contributed by atoms with van der Waals surface area (Å²) in [4.78, 5) is 20.0. The number of halogens is 2. The molecule has 2 rings (SSSR count). The SMILES string of the molecule is Nc1nc(/C(C=O)=N/OCc2cc(Cl)ccc2Cl)cs1. The van der Waals surface area contributed by atoms with Gasteiger partial charge in [-0.3, -0.25) is 4.79 Å². The monoisotopic (exact) mass is 329 g/mol. The number of nitrogens with two attached hydrogens (primary N) is 1. The van der Waals surface area contributed by atoms with Crippen LogP contribution in [0, 0.1) is 0 Å². The first-order chi connectivity index (χ1) is 9.60. The Kier molecular flexibility index (Phi) is 4.94. The molecule has 0 radical (unpaired) electrons. The predicted molar refractivity (Wildman–Crippen MR) is 80.4 cm³/mol. The number of anilines is 1. The quantitative estimate of drug-likeness (QED) is 0.519. The Labute approximate surface area is 129 Å². The van der Waals surface area contributed by atoms with Crippen molar-refractivity contribution in [1.29, 1.82) is 0 Å². The van der Waals surface area contributed by atoms with Crippen molar-refractivity contribution < 1.29 is 9.63 Å². The standard InChI is InChI=1S/C12H9Cl2N3O2S/c13-8-1-2-9(14)7(3-8)5-19-17-10(4-18)11-6-20-12(15)16-11/h1-4,6H,5H2,(H2,15,16)/b17-10+. The van der Waals surface area contributed by atoms with Gasteiger partial charge in [-0.25, -0.2) is 4.98 Å². The Hall–Kier alpha value is -1.63. The van der Waals surface area contributed by atoms with Crippen LogP contribution in [0.1, 0.15) is 11.3 Å². The molecule has 0 fully saturated rings. The number of hydrogen-bond donors (Lipinski definition) is 1. The Bertz CT molecular complexity index is 658. The number of carbonyl (C=O) groups is 1. The molecule has 20 heavy (non-hydrogen) atoms. The van der Waals surface area contributed by atoms with Crippen molar-refractivity contribution in [1.82, 2.24) is 4.98 Å². The highest BCUT2D eigenvalue weighted by Crippen LogP contribution is 2.21. The van der Waals surface area contributed by atoms with Crippen molar-refractivity contribution in [3.05, 3.63) is 44.9 Å². The maximum Gasteiger partial charge on any atom is 0.180 e. The van der Waals surface area contributed by atoms with E-state index in [2.05, 4.69) is 10.1 Å². The molecule has 0 bridgehead atoms. The van der Waals surface area contributed by atoms with Gasteiger partial charge in [0.15, 0.2) is 17.1 Å². The molecular weight excluding hydrogens is 321 g/mol. The van der Waals surface area contributed by atoms with Crippen LogP contribution in [0.2, 0.25) is 10.0 Å². The van der Waals surface area contributed by atoms with Gasteiger partial charge in [0.05, 0.1) is 0 Å². The summed E-state index contributed by atoms with van der Waals surface area (Å²) in [5.74, 6) is 0. The highest BCUT2D eigenvalue weighted by atomic mass is 35.5. The van der Waals surface area contributed by atoms with Crippen LogP contribution in [0.25, 0.3) is 0 Å². The van der Waals surface area contributed by atoms with E-state index >= 15 is 0 Å². The molecule has 1 aromatic heterocycles. The van der Waals surface area contributed by atoms with Gasteiger partial charge in [-0.2, -0.15) is 0 Å². The third-order valence-electron chi connectivity index (χ3n) is 2.29. The van der Waals surface area contributed by atoms with Gasteiger partial charge in [-0.1, -0.05) is 28.4 Å². The minimum Gasteiger partial charge on any atom is -0.390 e. The molecule has 0 spiro atoms. The molecule has 0 aliphatic carbocycles. The van der Waals surface area contributed by atoms with Gasteiger partial charge in [0.1, 0.15) is 12.3 Å². The van der Waals surface area contributed by atoms with Gasteiger partial charge in [0, 0.05) is 21.0 Å². The topological polar surface area (TPSA) is 77.6 Å². The van der Waals surface area contributed by atoms with Gasteiger partial charge in [-0.15, -0.1) is 11.3 Å². The van der Waals surface area contributed by atoms with Crippen LogP contribution in [0.3, 0.4) is 0 Å². The van der Waals surface area contributed by atoms with E-state index in [9.17, 15) is 4.79 Å². The summed E-state index contributed by atoms with van der Waals surface area (Å²) in [6.45, 7) is 0.0936. The lowest BCUT2D eigenvalue weighted by molar-refractivity contribution is -0.102. The third-order valence-corrected chi connectivity index (χ3v) is 3.56. The van der Waals surface area contributed by atoms with E-state index in [1.807, 2.05) is 0 Å². The van der Waals surface area contributed by atoms with Crippen molar-refractivity contribution in [2.75, 3.05) is 5.73 Å². The van der Waals surface area contributed by atoms with E-state index in [0.29, 0.717) is 32.7 Å². The summed E-state index contributed by atoms with van der Waals surface area (Å²) in [6, 6.07) is 5.00. The lowest BCUT2D eigenvalue weighted by atomic mass is 10.2. The Balaban J connectivity index is 2.08. The predicted octanol–water partition coefficient (Wildman–Crippen LogP) is 3.15. The molecule has 0 unspecified atom stereocenters. The summed E-state index contributed by atoms with van der Waals surface area (Å²) in [6.07, 6.45) is 0.550. The molecule has 0 aliphatic rings. The molecule has 104 valence electrons. The van der Waals surface area contributed by atoms with Gasteiger partial charge in [0.25, 0.3) is 0 Å². The van der Waals surface area contributed by atoms with Crippen molar-refractivity contribution in [3.63, 3.8) is 0 Å². The van der Waals surface area contributed by atoms with Crippen molar-refractivity contribution >= 4 is 51.7 Å². The van der Waals surface area contributed by atoms with Gasteiger partial charge in [0.2, 0.25) is 0 Å². The highest BCUT2D eigenvalue weighted by Gasteiger charge is 2.08. The number of thiazole rings is 1. The number of oxime groups is 1. The van der Waals surface area contributed by atoms with E-state index in [0.717, 1.165) is 0 Å². The molecule has 0 aliphatic heterocycles. The molecule has 8 heteroatoms. The van der Waals surface area contributed by atoms with Crippen LogP contribution < -0.4 is 5.73 Å². The molecular formula is C12H9Cl2N3O2S. The number of aromatic nitrogens is 1. The molecule has 0 amide bonds. The van der Waals surface area contributed by atoms with E-state index in [4.69, 9.17) is 33.8 Å². The van der Waals surface area contributed by atoms with Crippen molar-refractivity contribution in [2.45, 2.75) is 6.61 Å². The first-order valence-corrected chi connectivity index (χ1v) is 7.04. The van der Waals surface area contributed by atoms with Gasteiger partial charge in [-0.05, 0) is 18.2 Å². The minimum absolute atomic E-state index is 0.0658. The second-order valence-electron chi connectivity index (χ2n) is 3.67. The lowest BCUT2D eigenvalue weighted by Crippen LogP contribution is -2.04. The van der Waals surface area contributed by atoms with E-state index in [-0.39, 0.29) is 12.3 Å². The molecule has 2 N–H and O–H groups in total. The first-order valence-electron chi connectivity index (χ1n) is 5.40. The summed E-state index contributed by atoms with van der Waals surface area (Å²) >= 11 is 13.1. The Morgan fingerprint density at radius 3 is 2.95 bits per heavy atom. The van der Waals surface area contributed by atoms with Crippen molar-refractivity contribution in [3.8, 4) is 0 Å². The number of nitrogen functional groups attached to an aromatic ring is 1. The highest BCUT2D eigenvalue weighted by molar-refractivity contribution is 7.13. The smallest absolute Gasteiger partial charge is 0.180 e. The summed E-state index contributed by atoms with van der Waals surface area (Å²) in [7, 11) is 0. The maximum atomic E-state index is 10.9. The van der Waals surface area contributed by atoms with Crippen LogP contribution in [0.15, 0.2) is 28.7 Å².